The van der Waals surface area contributed by atoms with Crippen molar-refractivity contribution in [2.24, 2.45) is 5.92 Å². The van der Waals surface area contributed by atoms with Gasteiger partial charge in [-0.3, -0.25) is 4.79 Å². The second-order valence-corrected chi connectivity index (χ2v) is 6.04. The maximum absolute atomic E-state index is 11.7. The van der Waals surface area contributed by atoms with E-state index in [-0.39, 0.29) is 11.9 Å². The lowest BCUT2D eigenvalue weighted by atomic mass is 10.0. The summed E-state index contributed by atoms with van der Waals surface area (Å²) in [4.78, 5) is 18.0. The van der Waals surface area contributed by atoms with Gasteiger partial charge in [0.15, 0.2) is 5.82 Å². The molecule has 3 rings (SSSR count). The van der Waals surface area contributed by atoms with Gasteiger partial charge >= 0.3 is 0 Å². The lowest BCUT2D eigenvalue weighted by Gasteiger charge is -2.32. The van der Waals surface area contributed by atoms with Crippen LogP contribution in [0.4, 0.5) is 0 Å². The number of hydrogen-bond acceptors (Lipinski definition) is 5. The Labute approximate surface area is 124 Å². The molecule has 1 aliphatic carbocycles. The highest BCUT2D eigenvalue weighted by Gasteiger charge is 2.30. The molecule has 1 saturated heterocycles. The maximum Gasteiger partial charge on any atom is 0.249 e. The molecule has 2 heterocycles. The Kier molecular flexibility index (Phi) is 4.53. The molecule has 1 aliphatic heterocycles. The standard InChI is InChI=1S/C15H23N3O3/c1-11(19)18-8-3-2-4-13(18)15-16-14(17-21-15)7-9-20-10-12-5-6-12/h12-13H,2-10H2,1H3. The zero-order chi connectivity index (χ0) is 14.7. The van der Waals surface area contributed by atoms with Crippen molar-refractivity contribution in [1.82, 2.24) is 15.0 Å². The van der Waals surface area contributed by atoms with E-state index in [1.54, 1.807) is 6.92 Å². The first-order chi connectivity index (χ1) is 10.2. The molecule has 1 saturated carbocycles. The summed E-state index contributed by atoms with van der Waals surface area (Å²) in [6.45, 7) is 3.87. The fourth-order valence-electron chi connectivity index (χ4n) is 2.77. The topological polar surface area (TPSA) is 68.5 Å². The van der Waals surface area contributed by atoms with Gasteiger partial charge in [0, 0.05) is 26.5 Å². The molecule has 0 aromatic carbocycles. The van der Waals surface area contributed by atoms with Gasteiger partial charge in [-0.2, -0.15) is 4.98 Å². The zero-order valence-electron chi connectivity index (χ0n) is 12.6. The molecule has 0 N–H and O–H groups in total. The third kappa shape index (κ3) is 3.81. The molecule has 0 spiro atoms. The summed E-state index contributed by atoms with van der Waals surface area (Å²) in [5, 5.41) is 4.01. The molecule has 1 unspecified atom stereocenters. The highest BCUT2D eigenvalue weighted by Crippen LogP contribution is 2.30. The quantitative estimate of drug-likeness (QED) is 0.751. The minimum atomic E-state index is -0.0510. The second kappa shape index (κ2) is 6.56. The normalized spacial score (nSPS) is 22.5. The molecule has 0 radical (unpaired) electrons. The van der Waals surface area contributed by atoms with Crippen molar-refractivity contribution in [1.29, 1.82) is 0 Å². The van der Waals surface area contributed by atoms with E-state index >= 15 is 0 Å². The van der Waals surface area contributed by atoms with E-state index in [0.29, 0.717) is 24.7 Å². The van der Waals surface area contributed by atoms with Gasteiger partial charge in [-0.25, -0.2) is 0 Å². The first-order valence-electron chi connectivity index (χ1n) is 7.91. The van der Waals surface area contributed by atoms with Crippen LogP contribution in [0.5, 0.6) is 0 Å². The maximum atomic E-state index is 11.7. The molecule has 1 aromatic rings. The number of rotatable bonds is 6. The van der Waals surface area contributed by atoms with Gasteiger partial charge < -0.3 is 14.2 Å². The number of amides is 1. The summed E-state index contributed by atoms with van der Waals surface area (Å²) >= 11 is 0. The van der Waals surface area contributed by atoms with Crippen LogP contribution in [0.1, 0.15) is 56.8 Å². The first kappa shape index (κ1) is 14.5. The average Bonchev–Trinajstić information content (AvgIpc) is 3.20. The van der Waals surface area contributed by atoms with E-state index in [0.717, 1.165) is 38.3 Å². The lowest BCUT2D eigenvalue weighted by Crippen LogP contribution is -2.37. The number of likely N-dealkylation sites (tertiary alicyclic amines) is 1. The largest absolute Gasteiger partial charge is 0.381 e. The van der Waals surface area contributed by atoms with Crippen molar-refractivity contribution in [2.45, 2.75) is 51.5 Å². The Bertz CT molecular complexity index is 484. The van der Waals surface area contributed by atoms with Crippen molar-refractivity contribution in [3.63, 3.8) is 0 Å². The zero-order valence-corrected chi connectivity index (χ0v) is 12.6. The Hall–Kier alpha value is -1.43. The van der Waals surface area contributed by atoms with Crippen LogP contribution < -0.4 is 0 Å². The summed E-state index contributed by atoms with van der Waals surface area (Å²) in [5.74, 6) is 2.10. The summed E-state index contributed by atoms with van der Waals surface area (Å²) in [6, 6.07) is -0.0510. The van der Waals surface area contributed by atoms with E-state index in [4.69, 9.17) is 9.26 Å². The van der Waals surface area contributed by atoms with Gasteiger partial charge in [-0.1, -0.05) is 5.16 Å². The highest BCUT2D eigenvalue weighted by molar-refractivity contribution is 5.73. The van der Waals surface area contributed by atoms with Crippen molar-refractivity contribution in [3.8, 4) is 0 Å². The molecule has 1 amide bonds. The molecule has 1 atom stereocenters. The van der Waals surface area contributed by atoms with E-state index < -0.39 is 0 Å². The fourth-order valence-corrected chi connectivity index (χ4v) is 2.77. The number of ether oxygens (including phenoxy) is 1. The Morgan fingerprint density at radius 3 is 3.00 bits per heavy atom. The predicted molar refractivity (Wildman–Crippen MR) is 75.5 cm³/mol. The summed E-state index contributed by atoms with van der Waals surface area (Å²) in [6.07, 6.45) is 6.31. The molecule has 2 fully saturated rings. The lowest BCUT2D eigenvalue weighted by molar-refractivity contribution is -0.133. The van der Waals surface area contributed by atoms with E-state index in [1.165, 1.54) is 12.8 Å². The number of carbonyl (C=O) groups is 1. The highest BCUT2D eigenvalue weighted by atomic mass is 16.5. The minimum absolute atomic E-state index is 0.0510. The number of aromatic nitrogens is 2. The van der Waals surface area contributed by atoms with Crippen molar-refractivity contribution in [2.75, 3.05) is 19.8 Å². The van der Waals surface area contributed by atoms with Gasteiger partial charge in [-0.05, 0) is 38.0 Å². The van der Waals surface area contributed by atoms with Crippen molar-refractivity contribution >= 4 is 5.91 Å². The summed E-state index contributed by atoms with van der Waals surface area (Å²) in [7, 11) is 0. The Balaban J connectivity index is 1.53. The summed E-state index contributed by atoms with van der Waals surface area (Å²) in [5.41, 5.74) is 0. The fraction of sp³-hybridized carbons (Fsp3) is 0.800. The van der Waals surface area contributed by atoms with E-state index in [2.05, 4.69) is 10.1 Å². The van der Waals surface area contributed by atoms with Crippen LogP contribution in [0.2, 0.25) is 0 Å². The molecule has 116 valence electrons. The van der Waals surface area contributed by atoms with Gasteiger partial charge in [0.2, 0.25) is 11.8 Å². The van der Waals surface area contributed by atoms with Gasteiger partial charge in [0.25, 0.3) is 0 Å². The molecule has 2 aliphatic rings. The molecular formula is C15H23N3O3. The van der Waals surface area contributed by atoms with Crippen LogP contribution >= 0.6 is 0 Å². The van der Waals surface area contributed by atoms with Crippen LogP contribution in [0.15, 0.2) is 4.52 Å². The third-order valence-electron chi connectivity index (χ3n) is 4.20. The van der Waals surface area contributed by atoms with Crippen LogP contribution in [0, 0.1) is 5.92 Å². The van der Waals surface area contributed by atoms with Crippen LogP contribution in [0.25, 0.3) is 0 Å². The molecule has 1 aromatic heterocycles. The average molecular weight is 293 g/mol. The SMILES string of the molecule is CC(=O)N1CCCCC1c1nc(CCOCC2CC2)no1. The van der Waals surface area contributed by atoms with Crippen molar-refractivity contribution in [3.05, 3.63) is 11.7 Å². The predicted octanol–water partition coefficient (Wildman–Crippen LogP) is 2.11. The van der Waals surface area contributed by atoms with Gasteiger partial charge in [-0.15, -0.1) is 0 Å². The van der Waals surface area contributed by atoms with Crippen LogP contribution in [-0.4, -0.2) is 40.7 Å². The van der Waals surface area contributed by atoms with E-state index in [9.17, 15) is 4.79 Å². The second-order valence-electron chi connectivity index (χ2n) is 6.04. The van der Waals surface area contributed by atoms with E-state index in [1.807, 2.05) is 4.90 Å². The molecular weight excluding hydrogens is 270 g/mol. The van der Waals surface area contributed by atoms with Crippen molar-refractivity contribution < 1.29 is 14.1 Å². The smallest absolute Gasteiger partial charge is 0.249 e. The number of carbonyl (C=O) groups excluding carboxylic acids is 1. The van der Waals surface area contributed by atoms with Gasteiger partial charge in [0.05, 0.1) is 6.61 Å². The van der Waals surface area contributed by atoms with Crippen LogP contribution in [-0.2, 0) is 16.0 Å². The first-order valence-corrected chi connectivity index (χ1v) is 7.91. The summed E-state index contributed by atoms with van der Waals surface area (Å²) < 4.78 is 11.0. The number of hydrogen-bond donors (Lipinski definition) is 0. The Morgan fingerprint density at radius 2 is 2.24 bits per heavy atom. The Morgan fingerprint density at radius 1 is 1.38 bits per heavy atom. The van der Waals surface area contributed by atoms with Gasteiger partial charge in [0.1, 0.15) is 6.04 Å². The minimum Gasteiger partial charge on any atom is -0.381 e. The molecule has 6 heteroatoms. The molecule has 6 nitrogen and oxygen atoms in total. The molecule has 21 heavy (non-hydrogen) atoms. The van der Waals surface area contributed by atoms with Crippen LogP contribution in [0.3, 0.4) is 0 Å². The third-order valence-corrected chi connectivity index (χ3v) is 4.20. The molecule has 0 bridgehead atoms. The number of nitrogens with zero attached hydrogens (tertiary/aromatic N) is 3. The number of piperidine rings is 1. The monoisotopic (exact) mass is 293 g/mol.